The van der Waals surface area contributed by atoms with Crippen molar-refractivity contribution in [2.45, 2.75) is 32.6 Å². The van der Waals surface area contributed by atoms with Gasteiger partial charge in [0.2, 0.25) is 0 Å². The number of rotatable bonds is 6. The van der Waals surface area contributed by atoms with Gasteiger partial charge in [-0.2, -0.15) is 0 Å². The Morgan fingerprint density at radius 2 is 2.11 bits per heavy atom. The molecule has 1 aliphatic rings. The van der Waals surface area contributed by atoms with E-state index in [1.54, 1.807) is 0 Å². The molecule has 1 aliphatic heterocycles. The second kappa shape index (κ2) is 11.2. The fourth-order valence-corrected chi connectivity index (χ4v) is 3.40. The van der Waals surface area contributed by atoms with Crippen LogP contribution in [0.1, 0.15) is 32.0 Å². The minimum absolute atomic E-state index is 0. The summed E-state index contributed by atoms with van der Waals surface area (Å²) in [4.78, 5) is 18.7. The van der Waals surface area contributed by atoms with Gasteiger partial charge in [0.25, 0.3) is 0 Å². The molecule has 1 saturated heterocycles. The van der Waals surface area contributed by atoms with Crippen LogP contribution in [-0.4, -0.2) is 64.7 Å². The van der Waals surface area contributed by atoms with Crippen molar-refractivity contribution in [3.63, 3.8) is 0 Å². The van der Waals surface area contributed by atoms with Crippen LogP contribution < -0.4 is 5.32 Å². The van der Waals surface area contributed by atoms with Gasteiger partial charge in [0.05, 0.1) is 13.0 Å². The van der Waals surface area contributed by atoms with Crippen LogP contribution in [0.15, 0.2) is 29.4 Å². The minimum atomic E-state index is -0.0999. The SMILES string of the molecule is CCNC(=NCCCc1nnc2ccccn12)N1CCC(C(=O)OC)CC1.I. The van der Waals surface area contributed by atoms with E-state index < -0.39 is 0 Å². The van der Waals surface area contributed by atoms with Crippen molar-refractivity contribution in [1.82, 2.24) is 24.8 Å². The number of halogens is 1. The van der Waals surface area contributed by atoms with Gasteiger partial charge in [0.1, 0.15) is 5.82 Å². The van der Waals surface area contributed by atoms with Crippen molar-refractivity contribution in [3.05, 3.63) is 30.2 Å². The Morgan fingerprint density at radius 1 is 1.32 bits per heavy atom. The summed E-state index contributed by atoms with van der Waals surface area (Å²) < 4.78 is 6.88. The first-order valence-corrected chi connectivity index (χ1v) is 9.62. The highest BCUT2D eigenvalue weighted by Crippen LogP contribution is 2.18. The van der Waals surface area contributed by atoms with E-state index in [0.29, 0.717) is 0 Å². The number of hydrogen-bond donors (Lipinski definition) is 1. The van der Waals surface area contributed by atoms with Crippen molar-refractivity contribution in [2.24, 2.45) is 10.9 Å². The molecular weight excluding hydrogens is 471 g/mol. The molecule has 3 heterocycles. The van der Waals surface area contributed by atoms with Gasteiger partial charge in [-0.25, -0.2) is 0 Å². The number of nitrogens with one attached hydrogen (secondary N) is 1. The third-order valence-electron chi connectivity index (χ3n) is 4.87. The molecule has 0 aliphatic carbocycles. The largest absolute Gasteiger partial charge is 0.469 e. The Balaban J connectivity index is 0.00000280. The molecule has 0 bridgehead atoms. The lowest BCUT2D eigenvalue weighted by Crippen LogP contribution is -2.46. The highest BCUT2D eigenvalue weighted by atomic mass is 127. The predicted molar refractivity (Wildman–Crippen MR) is 119 cm³/mol. The molecule has 0 saturated carbocycles. The van der Waals surface area contributed by atoms with Crippen LogP contribution in [0.25, 0.3) is 5.65 Å². The first kappa shape index (κ1) is 22.4. The number of nitrogens with zero attached hydrogens (tertiary/aromatic N) is 5. The zero-order valence-electron chi connectivity index (χ0n) is 16.5. The highest BCUT2D eigenvalue weighted by Gasteiger charge is 2.26. The van der Waals surface area contributed by atoms with E-state index in [4.69, 9.17) is 9.73 Å². The third-order valence-corrected chi connectivity index (χ3v) is 4.87. The van der Waals surface area contributed by atoms with Gasteiger partial charge in [-0.3, -0.25) is 14.2 Å². The van der Waals surface area contributed by atoms with Gasteiger partial charge in [-0.1, -0.05) is 6.07 Å². The van der Waals surface area contributed by atoms with Crippen LogP contribution in [-0.2, 0) is 16.0 Å². The molecule has 0 spiro atoms. The van der Waals surface area contributed by atoms with Gasteiger partial charge < -0.3 is 15.0 Å². The number of hydrogen-bond acceptors (Lipinski definition) is 5. The van der Waals surface area contributed by atoms with Crippen LogP contribution in [0.4, 0.5) is 0 Å². The number of methoxy groups -OCH3 is 1. The molecule has 28 heavy (non-hydrogen) atoms. The lowest BCUT2D eigenvalue weighted by atomic mass is 9.97. The van der Waals surface area contributed by atoms with Crippen molar-refractivity contribution in [1.29, 1.82) is 0 Å². The number of aryl methyl sites for hydroxylation is 1. The molecule has 3 rings (SSSR count). The number of esters is 1. The maximum atomic E-state index is 11.7. The van der Waals surface area contributed by atoms with Crippen molar-refractivity contribution in [3.8, 4) is 0 Å². The zero-order chi connectivity index (χ0) is 19.1. The summed E-state index contributed by atoms with van der Waals surface area (Å²) in [5.41, 5.74) is 0.873. The standard InChI is InChI=1S/C19H28N6O2.HI/c1-3-20-19(24-13-9-15(10-14-24)18(26)27-2)21-11-6-8-17-23-22-16-7-4-5-12-25(16)17;/h4-5,7,12,15H,3,6,8-11,13-14H2,1-2H3,(H,20,21);1H. The monoisotopic (exact) mass is 500 g/mol. The smallest absolute Gasteiger partial charge is 0.308 e. The Bertz CT molecular complexity index is 786. The molecule has 9 heteroatoms. The van der Waals surface area contributed by atoms with Gasteiger partial charge in [-0.05, 0) is 38.3 Å². The maximum absolute atomic E-state index is 11.7. The van der Waals surface area contributed by atoms with Gasteiger partial charge >= 0.3 is 5.97 Å². The zero-order valence-corrected chi connectivity index (χ0v) is 18.8. The normalized spacial score (nSPS) is 15.4. The van der Waals surface area contributed by atoms with Crippen LogP contribution in [0.3, 0.4) is 0 Å². The molecule has 154 valence electrons. The second-order valence-electron chi connectivity index (χ2n) is 6.67. The van der Waals surface area contributed by atoms with E-state index in [1.165, 1.54) is 7.11 Å². The number of piperidine rings is 1. The van der Waals surface area contributed by atoms with E-state index >= 15 is 0 Å². The third kappa shape index (κ3) is 5.55. The quantitative estimate of drug-likeness (QED) is 0.215. The maximum Gasteiger partial charge on any atom is 0.308 e. The topological polar surface area (TPSA) is 84.1 Å². The molecule has 8 nitrogen and oxygen atoms in total. The second-order valence-corrected chi connectivity index (χ2v) is 6.67. The summed E-state index contributed by atoms with van der Waals surface area (Å²) in [5, 5.41) is 11.8. The molecule has 0 unspecified atom stereocenters. The first-order chi connectivity index (χ1) is 13.2. The van der Waals surface area contributed by atoms with Gasteiger partial charge in [-0.15, -0.1) is 34.2 Å². The van der Waals surface area contributed by atoms with E-state index in [1.807, 2.05) is 28.8 Å². The fourth-order valence-electron chi connectivity index (χ4n) is 3.40. The molecule has 2 aromatic heterocycles. The molecule has 1 fully saturated rings. The highest BCUT2D eigenvalue weighted by molar-refractivity contribution is 14.0. The lowest BCUT2D eigenvalue weighted by molar-refractivity contribution is -0.146. The summed E-state index contributed by atoms with van der Waals surface area (Å²) >= 11 is 0. The average molecular weight is 500 g/mol. The summed E-state index contributed by atoms with van der Waals surface area (Å²) in [6.07, 6.45) is 5.34. The molecule has 2 aromatic rings. The number of ether oxygens (including phenoxy) is 1. The van der Waals surface area contributed by atoms with Crippen molar-refractivity contribution < 1.29 is 9.53 Å². The number of aliphatic imine (C=N–C) groups is 1. The summed E-state index contributed by atoms with van der Waals surface area (Å²) in [7, 11) is 1.46. The number of fused-ring (bicyclic) bond motifs is 1. The number of aromatic nitrogens is 3. The van der Waals surface area contributed by atoms with Gasteiger partial charge in [0, 0.05) is 38.8 Å². The van der Waals surface area contributed by atoms with Crippen molar-refractivity contribution >= 4 is 41.6 Å². The van der Waals surface area contributed by atoms with Crippen molar-refractivity contribution in [2.75, 3.05) is 33.3 Å². The Hall–Kier alpha value is -1.91. The Labute approximate surface area is 182 Å². The van der Waals surface area contributed by atoms with Crippen LogP contribution >= 0.6 is 24.0 Å². The number of carbonyl (C=O) groups is 1. The predicted octanol–water partition coefficient (Wildman–Crippen LogP) is 2.13. The van der Waals surface area contributed by atoms with Crippen LogP contribution in [0.2, 0.25) is 0 Å². The van der Waals surface area contributed by atoms with E-state index in [9.17, 15) is 4.79 Å². The molecule has 0 radical (unpaired) electrons. The number of likely N-dealkylation sites (tertiary alicyclic amines) is 1. The Morgan fingerprint density at radius 3 is 2.82 bits per heavy atom. The molecule has 0 atom stereocenters. The number of guanidine groups is 1. The molecule has 1 N–H and O–H groups in total. The summed E-state index contributed by atoms with van der Waals surface area (Å²) in [6, 6.07) is 5.90. The van der Waals surface area contributed by atoms with E-state index in [2.05, 4.69) is 27.3 Å². The molecule has 0 aromatic carbocycles. The van der Waals surface area contributed by atoms with E-state index in [0.717, 1.165) is 69.3 Å². The average Bonchev–Trinajstić information content (AvgIpc) is 3.13. The summed E-state index contributed by atoms with van der Waals surface area (Å²) in [5.74, 6) is 1.80. The number of pyridine rings is 1. The molecular formula is C19H29IN6O2. The Kier molecular flexibility index (Phi) is 8.94. The van der Waals surface area contributed by atoms with Crippen LogP contribution in [0, 0.1) is 5.92 Å². The fraction of sp³-hybridized carbons (Fsp3) is 0.579. The summed E-state index contributed by atoms with van der Waals surface area (Å²) in [6.45, 7) is 5.26. The van der Waals surface area contributed by atoms with Gasteiger partial charge in [0.15, 0.2) is 11.6 Å². The number of carbonyl (C=O) groups excluding carboxylic acids is 1. The minimum Gasteiger partial charge on any atom is -0.469 e. The molecule has 0 amide bonds. The van der Waals surface area contributed by atoms with Crippen LogP contribution in [0.5, 0.6) is 0 Å². The van der Waals surface area contributed by atoms with E-state index in [-0.39, 0.29) is 35.9 Å². The first-order valence-electron chi connectivity index (χ1n) is 9.62. The lowest BCUT2D eigenvalue weighted by Gasteiger charge is -2.33.